The van der Waals surface area contributed by atoms with Crippen LogP contribution in [-0.4, -0.2) is 18.2 Å². The molecule has 0 saturated carbocycles. The average molecular weight is 308 g/mol. The molecule has 2 rings (SSSR count). The number of hydrogen-bond acceptors (Lipinski definition) is 3. The van der Waals surface area contributed by atoms with Crippen molar-refractivity contribution in [2.24, 2.45) is 0 Å². The van der Waals surface area contributed by atoms with Gasteiger partial charge in [-0.25, -0.2) is 0 Å². The van der Waals surface area contributed by atoms with Gasteiger partial charge in [0, 0.05) is 30.3 Å². The second kappa shape index (κ2) is 7.94. The lowest BCUT2D eigenvalue weighted by molar-refractivity contribution is -0.118. The minimum absolute atomic E-state index is 0.0402. The van der Waals surface area contributed by atoms with Gasteiger partial charge in [-0.1, -0.05) is 48.6 Å². The summed E-state index contributed by atoms with van der Waals surface area (Å²) in [6.07, 6.45) is 4.60. The highest BCUT2D eigenvalue weighted by Crippen LogP contribution is 2.19. The lowest BCUT2D eigenvalue weighted by atomic mass is 9.99. The summed E-state index contributed by atoms with van der Waals surface area (Å²) in [4.78, 5) is 23.3. The molecule has 0 aliphatic carbocycles. The van der Waals surface area contributed by atoms with E-state index in [2.05, 4.69) is 5.32 Å². The number of nitrogens with two attached hydrogens (primary N) is 1. The predicted octanol–water partition coefficient (Wildman–Crippen LogP) is 3.04. The Morgan fingerprint density at radius 1 is 1.13 bits per heavy atom. The number of carbonyl (C=O) groups is 2. The summed E-state index contributed by atoms with van der Waals surface area (Å²) in [6.45, 7) is 2.09. The minimum atomic E-state index is -0.0865. The first-order valence-electron chi connectivity index (χ1n) is 7.48. The van der Waals surface area contributed by atoms with Crippen molar-refractivity contribution in [1.29, 1.82) is 0 Å². The molecule has 3 N–H and O–H groups in total. The number of carbonyl (C=O) groups excluding carboxylic acids is 2. The molecular weight excluding hydrogens is 288 g/mol. The number of rotatable bonds is 6. The molecule has 2 aromatic carbocycles. The Hall–Kier alpha value is -2.88. The molecule has 0 aromatic heterocycles. The third-order valence-corrected chi connectivity index (χ3v) is 3.35. The molecule has 0 spiro atoms. The zero-order valence-corrected chi connectivity index (χ0v) is 13.1. The molecule has 1 amide bonds. The van der Waals surface area contributed by atoms with Crippen LogP contribution in [0.4, 0.5) is 5.69 Å². The van der Waals surface area contributed by atoms with E-state index in [1.807, 2.05) is 36.4 Å². The number of amides is 1. The van der Waals surface area contributed by atoms with Crippen LogP contribution in [-0.2, 0) is 4.79 Å². The number of benzene rings is 2. The van der Waals surface area contributed by atoms with Crippen LogP contribution >= 0.6 is 0 Å². The van der Waals surface area contributed by atoms with Crippen LogP contribution in [0.1, 0.15) is 34.8 Å². The van der Waals surface area contributed by atoms with Crippen LogP contribution in [0.2, 0.25) is 0 Å². The molecule has 0 fully saturated rings. The van der Waals surface area contributed by atoms with E-state index in [9.17, 15) is 9.59 Å². The summed E-state index contributed by atoms with van der Waals surface area (Å²) in [5.41, 5.74) is 8.43. The van der Waals surface area contributed by atoms with Gasteiger partial charge in [0.25, 0.3) is 0 Å². The fraction of sp³-hybridized carbons (Fsp3) is 0.158. The maximum Gasteiger partial charge on any atom is 0.216 e. The van der Waals surface area contributed by atoms with Crippen molar-refractivity contribution < 1.29 is 9.59 Å². The Morgan fingerprint density at radius 2 is 1.87 bits per heavy atom. The maximum atomic E-state index is 12.5. The standard InChI is InChI=1S/C19H20N2O2/c1-14(22)21-12-6-5-7-15-10-11-18(20)17(13-15)19(23)16-8-3-2-4-9-16/h2-5,7-11,13H,6,12,20H2,1H3,(H,21,22). The van der Waals surface area contributed by atoms with E-state index in [1.165, 1.54) is 6.92 Å². The van der Waals surface area contributed by atoms with Gasteiger partial charge in [-0.15, -0.1) is 0 Å². The third-order valence-electron chi connectivity index (χ3n) is 3.35. The van der Waals surface area contributed by atoms with Gasteiger partial charge in [0.2, 0.25) is 5.91 Å². The van der Waals surface area contributed by atoms with Gasteiger partial charge in [-0.05, 0) is 24.1 Å². The molecule has 0 heterocycles. The quantitative estimate of drug-likeness (QED) is 0.489. The van der Waals surface area contributed by atoms with Crippen molar-refractivity contribution in [3.05, 3.63) is 71.3 Å². The molecule has 0 unspecified atom stereocenters. The molecule has 0 atom stereocenters. The van der Waals surface area contributed by atoms with E-state index < -0.39 is 0 Å². The number of ketones is 1. The van der Waals surface area contributed by atoms with Crippen molar-refractivity contribution >= 4 is 23.5 Å². The SMILES string of the molecule is CC(=O)NCCC=Cc1ccc(N)c(C(=O)c2ccccc2)c1. The second-order valence-corrected chi connectivity index (χ2v) is 5.22. The van der Waals surface area contributed by atoms with E-state index in [0.29, 0.717) is 23.4 Å². The van der Waals surface area contributed by atoms with E-state index in [-0.39, 0.29) is 11.7 Å². The van der Waals surface area contributed by atoms with E-state index in [1.54, 1.807) is 24.3 Å². The van der Waals surface area contributed by atoms with Crippen molar-refractivity contribution in [1.82, 2.24) is 5.32 Å². The molecule has 23 heavy (non-hydrogen) atoms. The smallest absolute Gasteiger partial charge is 0.216 e. The van der Waals surface area contributed by atoms with Gasteiger partial charge >= 0.3 is 0 Å². The topological polar surface area (TPSA) is 72.2 Å². The van der Waals surface area contributed by atoms with Crippen molar-refractivity contribution in [3.63, 3.8) is 0 Å². The highest BCUT2D eigenvalue weighted by molar-refractivity contribution is 6.12. The average Bonchev–Trinajstić information content (AvgIpc) is 2.56. The normalized spacial score (nSPS) is 10.7. The number of hydrogen-bond donors (Lipinski definition) is 2. The molecule has 0 saturated heterocycles. The van der Waals surface area contributed by atoms with Crippen LogP contribution in [0.15, 0.2) is 54.6 Å². The Kier molecular flexibility index (Phi) is 5.69. The van der Waals surface area contributed by atoms with Crippen LogP contribution in [0.3, 0.4) is 0 Å². The molecule has 0 aliphatic rings. The minimum Gasteiger partial charge on any atom is -0.398 e. The summed E-state index contributed by atoms with van der Waals surface area (Å²) >= 11 is 0. The largest absolute Gasteiger partial charge is 0.398 e. The molecule has 0 aliphatic heterocycles. The first-order valence-corrected chi connectivity index (χ1v) is 7.48. The summed E-state index contributed by atoms with van der Waals surface area (Å²) in [7, 11) is 0. The van der Waals surface area contributed by atoms with Crippen LogP contribution < -0.4 is 11.1 Å². The lowest BCUT2D eigenvalue weighted by Crippen LogP contribution is -2.20. The zero-order chi connectivity index (χ0) is 16.7. The monoisotopic (exact) mass is 308 g/mol. The van der Waals surface area contributed by atoms with Crippen LogP contribution in [0.5, 0.6) is 0 Å². The molecule has 118 valence electrons. The molecular formula is C19H20N2O2. The van der Waals surface area contributed by atoms with E-state index >= 15 is 0 Å². The Labute approximate surface area is 136 Å². The van der Waals surface area contributed by atoms with Gasteiger partial charge < -0.3 is 11.1 Å². The Bertz CT molecular complexity index is 721. The fourth-order valence-corrected chi connectivity index (χ4v) is 2.17. The highest BCUT2D eigenvalue weighted by atomic mass is 16.1. The van der Waals surface area contributed by atoms with Gasteiger partial charge in [0.05, 0.1) is 0 Å². The second-order valence-electron chi connectivity index (χ2n) is 5.22. The molecule has 4 heteroatoms. The van der Waals surface area contributed by atoms with Gasteiger partial charge in [0.1, 0.15) is 0 Å². The molecule has 0 bridgehead atoms. The highest BCUT2D eigenvalue weighted by Gasteiger charge is 2.12. The van der Waals surface area contributed by atoms with E-state index in [4.69, 9.17) is 5.73 Å². The number of nitrogens with one attached hydrogen (secondary N) is 1. The van der Waals surface area contributed by atoms with Crippen molar-refractivity contribution in [2.45, 2.75) is 13.3 Å². The summed E-state index contributed by atoms with van der Waals surface area (Å²) in [5, 5.41) is 2.73. The van der Waals surface area contributed by atoms with Crippen LogP contribution in [0.25, 0.3) is 6.08 Å². The third kappa shape index (κ3) is 4.81. The van der Waals surface area contributed by atoms with Gasteiger partial charge in [0.15, 0.2) is 5.78 Å². The molecule has 4 nitrogen and oxygen atoms in total. The maximum absolute atomic E-state index is 12.5. The fourth-order valence-electron chi connectivity index (χ4n) is 2.17. The summed E-state index contributed by atoms with van der Waals surface area (Å²) < 4.78 is 0. The van der Waals surface area contributed by atoms with Gasteiger partial charge in [-0.3, -0.25) is 9.59 Å². The Balaban J connectivity index is 2.11. The van der Waals surface area contributed by atoms with Crippen molar-refractivity contribution in [3.8, 4) is 0 Å². The summed E-state index contributed by atoms with van der Waals surface area (Å²) in [6, 6.07) is 14.5. The first kappa shape index (κ1) is 16.5. The predicted molar refractivity (Wildman–Crippen MR) is 93.1 cm³/mol. The van der Waals surface area contributed by atoms with Gasteiger partial charge in [-0.2, -0.15) is 0 Å². The number of anilines is 1. The number of nitrogen functional groups attached to an aromatic ring is 1. The summed E-state index contributed by atoms with van der Waals surface area (Å²) in [5.74, 6) is -0.127. The lowest BCUT2D eigenvalue weighted by Gasteiger charge is -2.06. The zero-order valence-electron chi connectivity index (χ0n) is 13.1. The van der Waals surface area contributed by atoms with Crippen LogP contribution in [0, 0.1) is 0 Å². The van der Waals surface area contributed by atoms with E-state index in [0.717, 1.165) is 12.0 Å². The molecule has 2 aromatic rings. The Morgan fingerprint density at radius 3 is 2.57 bits per heavy atom. The molecule has 0 radical (unpaired) electrons. The first-order chi connectivity index (χ1) is 11.1. The van der Waals surface area contributed by atoms with Crippen molar-refractivity contribution in [2.75, 3.05) is 12.3 Å².